The van der Waals surface area contributed by atoms with Gasteiger partial charge in [0.05, 0.1) is 16.9 Å². The number of nitro groups is 1. The van der Waals surface area contributed by atoms with E-state index in [1.165, 1.54) is 12.1 Å². The smallest absolute Gasteiger partial charge is 0.269 e. The third-order valence-corrected chi connectivity index (χ3v) is 6.09. The first-order valence-corrected chi connectivity index (χ1v) is 10.5. The maximum Gasteiger partial charge on any atom is 0.269 e. The van der Waals surface area contributed by atoms with Gasteiger partial charge in [0.15, 0.2) is 0 Å². The number of nitro benzene ring substituents is 1. The first-order chi connectivity index (χ1) is 13.8. The summed E-state index contributed by atoms with van der Waals surface area (Å²) in [5.41, 5.74) is 1.47. The van der Waals surface area contributed by atoms with Crippen LogP contribution in [0.25, 0.3) is 0 Å². The Hall–Kier alpha value is -2.87. The Balaban J connectivity index is 1.71. The van der Waals surface area contributed by atoms with Crippen molar-refractivity contribution in [1.82, 2.24) is 4.90 Å². The monoisotopic (exact) mass is 413 g/mol. The number of thioether (sulfide) groups is 1. The molecule has 0 spiro atoms. The van der Waals surface area contributed by atoms with Crippen molar-refractivity contribution in [3.8, 4) is 0 Å². The fraction of sp³-hybridized carbons (Fsp3) is 0.333. The van der Waals surface area contributed by atoms with E-state index in [0.717, 1.165) is 10.6 Å². The zero-order valence-electron chi connectivity index (χ0n) is 16.6. The molecular formula is C21H23N3O4S. The largest absolute Gasteiger partial charge is 0.339 e. The normalized spacial score (nSPS) is 17.3. The van der Waals surface area contributed by atoms with E-state index in [9.17, 15) is 19.7 Å². The van der Waals surface area contributed by atoms with Crippen molar-refractivity contribution in [1.29, 1.82) is 0 Å². The van der Waals surface area contributed by atoms with Crippen LogP contribution in [0.5, 0.6) is 0 Å². The van der Waals surface area contributed by atoms with Gasteiger partial charge in [0.25, 0.3) is 5.69 Å². The molecule has 0 radical (unpaired) electrons. The molecule has 0 saturated carbocycles. The summed E-state index contributed by atoms with van der Waals surface area (Å²) in [4.78, 5) is 40.4. The van der Waals surface area contributed by atoms with Crippen LogP contribution in [0.15, 0.2) is 53.4 Å². The molecule has 2 amide bonds. The number of carbonyl (C=O) groups excluding carboxylic acids is 2. The Morgan fingerprint density at radius 3 is 2.59 bits per heavy atom. The van der Waals surface area contributed by atoms with E-state index in [1.54, 1.807) is 40.7 Å². The molecule has 0 aliphatic carbocycles. The van der Waals surface area contributed by atoms with Gasteiger partial charge >= 0.3 is 0 Å². The Kier molecular flexibility index (Phi) is 6.22. The molecule has 2 aromatic carbocycles. The van der Waals surface area contributed by atoms with Crippen molar-refractivity contribution < 1.29 is 14.5 Å². The number of anilines is 1. The van der Waals surface area contributed by atoms with Crippen molar-refractivity contribution >= 4 is 35.0 Å². The molecule has 2 atom stereocenters. The summed E-state index contributed by atoms with van der Waals surface area (Å²) in [6.07, 6.45) is 2.15. The Labute approximate surface area is 173 Å². The molecule has 152 valence electrons. The van der Waals surface area contributed by atoms with E-state index >= 15 is 0 Å². The lowest BCUT2D eigenvalue weighted by atomic mass is 10.0. The molecule has 0 bridgehead atoms. The first kappa shape index (κ1) is 20.9. The van der Waals surface area contributed by atoms with Gasteiger partial charge in [-0.15, -0.1) is 11.8 Å². The summed E-state index contributed by atoms with van der Waals surface area (Å²) in [5.74, 6) is -0.647. The standard InChI is InChI=1S/C21H23N3O4S/c1-14(15-5-4-6-18(11-15)24(27)28)22(2)21(26)16-12-20(25)23(13-16)17-7-9-19(29-3)10-8-17/h4-11,14,16H,12-13H2,1-3H3. The summed E-state index contributed by atoms with van der Waals surface area (Å²) in [7, 11) is 1.67. The van der Waals surface area contributed by atoms with E-state index in [-0.39, 0.29) is 30.0 Å². The summed E-state index contributed by atoms with van der Waals surface area (Å²) in [6, 6.07) is 13.6. The zero-order chi connectivity index (χ0) is 21.1. The lowest BCUT2D eigenvalue weighted by Gasteiger charge is -2.27. The minimum atomic E-state index is -0.451. The van der Waals surface area contributed by atoms with Gasteiger partial charge in [0.2, 0.25) is 11.8 Å². The molecule has 2 aromatic rings. The molecule has 1 fully saturated rings. The predicted molar refractivity (Wildman–Crippen MR) is 113 cm³/mol. The van der Waals surface area contributed by atoms with E-state index in [1.807, 2.05) is 37.4 Å². The SMILES string of the molecule is CSc1ccc(N2CC(C(=O)N(C)C(C)c3cccc([N+](=O)[O-])c3)CC2=O)cc1. The third kappa shape index (κ3) is 4.42. The third-order valence-electron chi connectivity index (χ3n) is 5.35. The van der Waals surface area contributed by atoms with Crippen molar-refractivity contribution in [3.05, 3.63) is 64.2 Å². The highest BCUT2D eigenvalue weighted by Crippen LogP contribution is 2.30. The second-order valence-corrected chi connectivity index (χ2v) is 7.96. The number of non-ortho nitro benzene ring substituents is 1. The summed E-state index contributed by atoms with van der Waals surface area (Å²) in [5, 5.41) is 11.0. The quantitative estimate of drug-likeness (QED) is 0.408. The number of benzene rings is 2. The van der Waals surface area contributed by atoms with E-state index in [4.69, 9.17) is 0 Å². The molecule has 7 nitrogen and oxygen atoms in total. The van der Waals surface area contributed by atoms with Crippen molar-refractivity contribution in [2.45, 2.75) is 24.3 Å². The van der Waals surface area contributed by atoms with Gasteiger partial charge in [0, 0.05) is 42.7 Å². The first-order valence-electron chi connectivity index (χ1n) is 9.27. The van der Waals surface area contributed by atoms with Gasteiger partial charge in [-0.25, -0.2) is 0 Å². The van der Waals surface area contributed by atoms with Crippen molar-refractivity contribution in [2.24, 2.45) is 5.92 Å². The van der Waals surface area contributed by atoms with Crippen LogP contribution < -0.4 is 4.90 Å². The number of carbonyl (C=O) groups is 2. The highest BCUT2D eigenvalue weighted by atomic mass is 32.2. The highest BCUT2D eigenvalue weighted by Gasteiger charge is 2.37. The van der Waals surface area contributed by atoms with Gasteiger partial charge in [-0.05, 0) is 43.0 Å². The van der Waals surface area contributed by atoms with E-state index < -0.39 is 10.8 Å². The second kappa shape index (κ2) is 8.65. The molecule has 1 aliphatic heterocycles. The van der Waals surface area contributed by atoms with Crippen LogP contribution in [0.4, 0.5) is 11.4 Å². The second-order valence-electron chi connectivity index (χ2n) is 7.08. The average Bonchev–Trinajstić information content (AvgIpc) is 3.13. The van der Waals surface area contributed by atoms with Crippen LogP contribution in [0, 0.1) is 16.0 Å². The molecular weight excluding hydrogens is 390 g/mol. The fourth-order valence-electron chi connectivity index (χ4n) is 3.49. The molecule has 0 N–H and O–H groups in total. The van der Waals surface area contributed by atoms with Crippen LogP contribution in [0.1, 0.15) is 24.9 Å². The average molecular weight is 413 g/mol. The van der Waals surface area contributed by atoms with Gasteiger partial charge in [0.1, 0.15) is 0 Å². The summed E-state index contributed by atoms with van der Waals surface area (Å²) < 4.78 is 0. The number of hydrogen-bond acceptors (Lipinski definition) is 5. The van der Waals surface area contributed by atoms with Gasteiger partial charge in [-0.1, -0.05) is 12.1 Å². The van der Waals surface area contributed by atoms with Gasteiger partial charge < -0.3 is 9.80 Å². The lowest BCUT2D eigenvalue weighted by Crippen LogP contribution is -2.36. The molecule has 3 rings (SSSR count). The lowest BCUT2D eigenvalue weighted by molar-refractivity contribution is -0.384. The van der Waals surface area contributed by atoms with Crippen LogP contribution >= 0.6 is 11.8 Å². The Morgan fingerprint density at radius 2 is 1.97 bits per heavy atom. The minimum absolute atomic E-state index is 0.00823. The predicted octanol–water partition coefficient (Wildman–Crippen LogP) is 3.89. The van der Waals surface area contributed by atoms with Gasteiger partial charge in [-0.2, -0.15) is 0 Å². The van der Waals surface area contributed by atoms with Crippen LogP contribution in [-0.4, -0.2) is 41.5 Å². The molecule has 0 aromatic heterocycles. The Morgan fingerprint density at radius 1 is 1.28 bits per heavy atom. The molecule has 1 saturated heterocycles. The van der Waals surface area contributed by atoms with Crippen LogP contribution in [0.2, 0.25) is 0 Å². The number of amides is 2. The van der Waals surface area contributed by atoms with Crippen LogP contribution in [0.3, 0.4) is 0 Å². The maximum absolute atomic E-state index is 13.0. The van der Waals surface area contributed by atoms with E-state index in [2.05, 4.69) is 0 Å². The summed E-state index contributed by atoms with van der Waals surface area (Å²) >= 11 is 1.63. The maximum atomic E-state index is 13.0. The highest BCUT2D eigenvalue weighted by molar-refractivity contribution is 7.98. The zero-order valence-corrected chi connectivity index (χ0v) is 17.4. The molecule has 1 aliphatic rings. The minimum Gasteiger partial charge on any atom is -0.339 e. The molecule has 2 unspecified atom stereocenters. The topological polar surface area (TPSA) is 83.8 Å². The Bertz CT molecular complexity index is 932. The number of hydrogen-bond donors (Lipinski definition) is 0. The van der Waals surface area contributed by atoms with Gasteiger partial charge in [-0.3, -0.25) is 19.7 Å². The van der Waals surface area contributed by atoms with Crippen molar-refractivity contribution in [3.63, 3.8) is 0 Å². The van der Waals surface area contributed by atoms with Crippen LogP contribution in [-0.2, 0) is 9.59 Å². The summed E-state index contributed by atoms with van der Waals surface area (Å²) in [6.45, 7) is 2.16. The number of nitrogens with zero attached hydrogens (tertiary/aromatic N) is 3. The van der Waals surface area contributed by atoms with Crippen molar-refractivity contribution in [2.75, 3.05) is 24.7 Å². The fourth-order valence-corrected chi connectivity index (χ4v) is 3.89. The molecule has 1 heterocycles. The van der Waals surface area contributed by atoms with E-state index in [0.29, 0.717) is 12.1 Å². The molecule has 29 heavy (non-hydrogen) atoms. The molecule has 8 heteroatoms. The number of rotatable bonds is 6.